The molecule has 3 aromatic rings. The van der Waals surface area contributed by atoms with Gasteiger partial charge in [-0.1, -0.05) is 104 Å². The molecule has 10 nitrogen and oxygen atoms in total. The van der Waals surface area contributed by atoms with Crippen LogP contribution in [0.25, 0.3) is 0 Å². The van der Waals surface area contributed by atoms with Gasteiger partial charge in [-0.05, 0) is 36.8 Å². The van der Waals surface area contributed by atoms with E-state index in [1.54, 1.807) is 4.90 Å². The lowest BCUT2D eigenvalue weighted by Gasteiger charge is -2.40. The van der Waals surface area contributed by atoms with Crippen molar-refractivity contribution in [3.63, 3.8) is 0 Å². The van der Waals surface area contributed by atoms with Crippen LogP contribution < -0.4 is 10.6 Å². The number of carbonyl (C=O) groups excluding carboxylic acids is 4. The second-order valence-electron chi connectivity index (χ2n) is 13.7. The van der Waals surface area contributed by atoms with Gasteiger partial charge < -0.3 is 15.4 Å². The van der Waals surface area contributed by atoms with Crippen molar-refractivity contribution in [2.45, 2.75) is 82.5 Å². The number of amides is 3. The van der Waals surface area contributed by atoms with Crippen molar-refractivity contribution in [1.29, 1.82) is 0 Å². The zero-order chi connectivity index (χ0) is 35.9. The molecular formula is C39H47N3O7S. The van der Waals surface area contributed by atoms with E-state index >= 15 is 0 Å². The number of hydrogen-bond donors (Lipinski definition) is 2. The Morgan fingerprint density at radius 2 is 1.50 bits per heavy atom. The molecule has 266 valence electrons. The topological polar surface area (TPSA) is 139 Å². The zero-order valence-electron chi connectivity index (χ0n) is 29.0. The largest absolute Gasteiger partial charge is 0.467 e. The van der Waals surface area contributed by atoms with Gasteiger partial charge in [0.2, 0.25) is 17.7 Å². The molecule has 3 amide bonds. The van der Waals surface area contributed by atoms with Gasteiger partial charge in [-0.15, -0.1) is 0 Å². The molecule has 5 rings (SSSR count). The quantitative estimate of drug-likeness (QED) is 0.187. The standard InChI is InChI=1S/C39H47N3O7S/c1-28(43)42-34(27-29-14-6-4-7-15-29)35(44)41-39(42,31-16-8-5-9-17-31)32-20-18-30(19-21-32)26-33(36(45)49-2)40-37(46)38(22-10-11-23-38)24-12-13-25-50(3,47)48/h4-9,14-21,33-34H,10-13,22-27H2,1-3H3,(H,40,46)(H,41,44)/t33-,34?,39?/m0/s1. The van der Waals surface area contributed by atoms with Gasteiger partial charge in [-0.25, -0.2) is 13.2 Å². The molecule has 1 saturated heterocycles. The minimum atomic E-state index is -3.08. The summed E-state index contributed by atoms with van der Waals surface area (Å²) >= 11 is 0. The molecule has 11 heteroatoms. The van der Waals surface area contributed by atoms with E-state index < -0.39 is 39.0 Å². The second-order valence-corrected chi connectivity index (χ2v) is 15.9. The van der Waals surface area contributed by atoms with Crippen LogP contribution in [-0.4, -0.2) is 68.2 Å². The number of esters is 1. The van der Waals surface area contributed by atoms with Crippen molar-refractivity contribution < 1.29 is 32.3 Å². The van der Waals surface area contributed by atoms with Gasteiger partial charge in [0.05, 0.1) is 7.11 Å². The Kier molecular flexibility index (Phi) is 11.5. The smallest absolute Gasteiger partial charge is 0.328 e. The number of hydrogen-bond acceptors (Lipinski definition) is 7. The highest BCUT2D eigenvalue weighted by Crippen LogP contribution is 2.43. The van der Waals surface area contributed by atoms with E-state index in [0.29, 0.717) is 44.1 Å². The predicted octanol–water partition coefficient (Wildman–Crippen LogP) is 4.45. The van der Waals surface area contributed by atoms with Crippen molar-refractivity contribution >= 4 is 33.5 Å². The number of benzene rings is 3. The number of nitrogens with one attached hydrogen (secondary N) is 2. The fourth-order valence-corrected chi connectivity index (χ4v) is 8.38. The number of ether oxygens (including phenoxy) is 1. The third-order valence-corrected chi connectivity index (χ3v) is 11.2. The van der Waals surface area contributed by atoms with Crippen LogP contribution in [0.4, 0.5) is 0 Å². The minimum absolute atomic E-state index is 0.0819. The summed E-state index contributed by atoms with van der Waals surface area (Å²) in [7, 11) is -1.80. The van der Waals surface area contributed by atoms with E-state index in [4.69, 9.17) is 4.74 Å². The Hall–Kier alpha value is -4.51. The van der Waals surface area contributed by atoms with Crippen LogP contribution in [0.15, 0.2) is 84.9 Å². The van der Waals surface area contributed by atoms with Gasteiger partial charge in [-0.2, -0.15) is 0 Å². The highest BCUT2D eigenvalue weighted by molar-refractivity contribution is 7.90. The van der Waals surface area contributed by atoms with Crippen molar-refractivity contribution in [3.8, 4) is 0 Å². The molecule has 50 heavy (non-hydrogen) atoms. The Bertz CT molecular complexity index is 1780. The van der Waals surface area contributed by atoms with Gasteiger partial charge in [0.25, 0.3) is 0 Å². The highest BCUT2D eigenvalue weighted by atomic mass is 32.2. The lowest BCUT2D eigenvalue weighted by atomic mass is 9.80. The Labute approximate surface area is 294 Å². The highest BCUT2D eigenvalue weighted by Gasteiger charge is 2.54. The average molecular weight is 702 g/mol. The molecule has 0 aromatic heterocycles. The first kappa shape index (κ1) is 36.8. The van der Waals surface area contributed by atoms with E-state index in [9.17, 15) is 27.6 Å². The average Bonchev–Trinajstić information content (AvgIpc) is 3.70. The van der Waals surface area contributed by atoms with Crippen LogP contribution in [0, 0.1) is 5.41 Å². The third-order valence-electron chi connectivity index (χ3n) is 10.1. The lowest BCUT2D eigenvalue weighted by Crippen LogP contribution is -2.53. The number of rotatable bonds is 14. The maximum absolute atomic E-state index is 13.8. The lowest BCUT2D eigenvalue weighted by molar-refractivity contribution is -0.146. The van der Waals surface area contributed by atoms with Gasteiger partial charge >= 0.3 is 5.97 Å². The summed E-state index contributed by atoms with van der Waals surface area (Å²) in [6.45, 7) is 1.47. The van der Waals surface area contributed by atoms with Gasteiger partial charge in [0, 0.05) is 48.3 Å². The second kappa shape index (κ2) is 15.6. The fraction of sp³-hybridized carbons (Fsp3) is 0.436. The van der Waals surface area contributed by atoms with E-state index in [1.807, 2.05) is 84.9 Å². The summed E-state index contributed by atoms with van der Waals surface area (Å²) in [6.07, 6.45) is 6.54. The Morgan fingerprint density at radius 3 is 2.08 bits per heavy atom. The maximum atomic E-state index is 13.8. The van der Waals surface area contributed by atoms with Gasteiger partial charge in [0.15, 0.2) is 5.66 Å². The fourth-order valence-electron chi connectivity index (χ4n) is 7.65. The van der Waals surface area contributed by atoms with Crippen molar-refractivity contribution in [2.75, 3.05) is 19.1 Å². The number of unbranched alkanes of at least 4 members (excludes halogenated alkanes) is 1. The molecule has 1 heterocycles. The molecule has 2 aliphatic rings. The van der Waals surface area contributed by atoms with Crippen molar-refractivity contribution in [2.24, 2.45) is 5.41 Å². The zero-order valence-corrected chi connectivity index (χ0v) is 29.8. The molecule has 1 aliphatic carbocycles. The number of carbonyl (C=O) groups is 4. The van der Waals surface area contributed by atoms with Crippen molar-refractivity contribution in [1.82, 2.24) is 15.5 Å². The van der Waals surface area contributed by atoms with Crippen LogP contribution >= 0.6 is 0 Å². The number of nitrogens with zero attached hydrogens (tertiary/aromatic N) is 1. The van der Waals surface area contributed by atoms with E-state index in [1.165, 1.54) is 20.3 Å². The van der Waals surface area contributed by atoms with E-state index in [-0.39, 0.29) is 29.9 Å². The van der Waals surface area contributed by atoms with Gasteiger partial charge in [0.1, 0.15) is 21.9 Å². The van der Waals surface area contributed by atoms with E-state index in [0.717, 1.165) is 29.5 Å². The summed E-state index contributed by atoms with van der Waals surface area (Å²) in [5.41, 5.74) is 1.16. The molecule has 0 radical (unpaired) electrons. The van der Waals surface area contributed by atoms with Crippen LogP contribution in [0.1, 0.15) is 74.1 Å². The normalized spacial score (nSPS) is 20.6. The molecule has 2 N–H and O–H groups in total. The van der Waals surface area contributed by atoms with Crippen LogP contribution in [0.2, 0.25) is 0 Å². The first-order chi connectivity index (χ1) is 23.9. The van der Waals surface area contributed by atoms with E-state index in [2.05, 4.69) is 10.6 Å². The first-order valence-corrected chi connectivity index (χ1v) is 19.3. The summed E-state index contributed by atoms with van der Waals surface area (Å²) in [5.74, 6) is -1.22. The van der Waals surface area contributed by atoms with Crippen LogP contribution in [0.5, 0.6) is 0 Å². The molecule has 0 spiro atoms. The summed E-state index contributed by atoms with van der Waals surface area (Å²) in [5, 5.41) is 6.16. The Morgan fingerprint density at radius 1 is 0.900 bits per heavy atom. The monoisotopic (exact) mass is 701 g/mol. The van der Waals surface area contributed by atoms with Crippen LogP contribution in [-0.2, 0) is 52.3 Å². The molecule has 2 fully saturated rings. The summed E-state index contributed by atoms with van der Waals surface area (Å²) < 4.78 is 28.4. The number of methoxy groups -OCH3 is 1. The minimum Gasteiger partial charge on any atom is -0.467 e. The molecule has 3 atom stereocenters. The predicted molar refractivity (Wildman–Crippen MR) is 190 cm³/mol. The Balaban J connectivity index is 1.40. The molecule has 3 aromatic carbocycles. The third kappa shape index (κ3) is 8.09. The molecule has 1 saturated carbocycles. The first-order valence-electron chi connectivity index (χ1n) is 17.3. The van der Waals surface area contributed by atoms with Crippen molar-refractivity contribution in [3.05, 3.63) is 107 Å². The molecule has 1 aliphatic heterocycles. The summed E-state index contributed by atoms with van der Waals surface area (Å²) in [4.78, 5) is 55.6. The SMILES string of the molecule is COC(=O)[C@H](Cc1ccc(C2(c3ccccc3)NC(=O)C(Cc3ccccc3)N2C(C)=O)cc1)NC(=O)C1(CCCCS(C)(=O)=O)CCCC1. The number of sulfone groups is 1. The maximum Gasteiger partial charge on any atom is 0.328 e. The summed E-state index contributed by atoms with van der Waals surface area (Å²) in [6, 6.07) is 24.7. The molecule has 0 bridgehead atoms. The van der Waals surface area contributed by atoms with Gasteiger partial charge in [-0.3, -0.25) is 19.3 Å². The molecular weight excluding hydrogens is 655 g/mol. The molecule has 2 unspecified atom stereocenters. The van der Waals surface area contributed by atoms with Crippen LogP contribution in [0.3, 0.4) is 0 Å².